The van der Waals surface area contributed by atoms with E-state index in [2.05, 4.69) is 27.7 Å². The summed E-state index contributed by atoms with van der Waals surface area (Å²) in [5, 5.41) is 72.7. The van der Waals surface area contributed by atoms with Gasteiger partial charge in [-0.3, -0.25) is 0 Å². The maximum Gasteiger partial charge on any atom is 0.187 e. The maximum absolute atomic E-state index is 11.1. The van der Waals surface area contributed by atoms with Crippen LogP contribution in [0.4, 0.5) is 0 Å². The summed E-state index contributed by atoms with van der Waals surface area (Å²) in [4.78, 5) is 0. The predicted molar refractivity (Wildman–Crippen MR) is 183 cm³/mol. The van der Waals surface area contributed by atoms with Gasteiger partial charge in [0.15, 0.2) is 18.4 Å². The summed E-state index contributed by atoms with van der Waals surface area (Å²) < 4.78 is 37.5. The maximum atomic E-state index is 11.1. The Bertz CT molecular complexity index is 1260. The van der Waals surface area contributed by atoms with E-state index in [4.69, 9.17) is 28.4 Å². The van der Waals surface area contributed by atoms with Gasteiger partial charge in [-0.05, 0) is 104 Å². The van der Waals surface area contributed by atoms with Crippen molar-refractivity contribution < 1.29 is 64.2 Å². The Morgan fingerprint density at radius 3 is 2.06 bits per heavy atom. The summed E-state index contributed by atoms with van der Waals surface area (Å²) in [5.41, 5.74) is 0.425. The van der Waals surface area contributed by atoms with Crippen molar-refractivity contribution >= 4 is 0 Å². The molecule has 3 unspecified atom stereocenters. The molecule has 4 aliphatic carbocycles. The Balaban J connectivity index is 0.942. The highest BCUT2D eigenvalue weighted by Gasteiger charge is 2.69. The van der Waals surface area contributed by atoms with E-state index >= 15 is 0 Å². The van der Waals surface area contributed by atoms with Crippen LogP contribution in [0.25, 0.3) is 0 Å². The lowest BCUT2D eigenvalue weighted by Crippen LogP contribution is -2.65. The number of aliphatic hydroxyl groups excluding tert-OH is 7. The van der Waals surface area contributed by atoms with Crippen molar-refractivity contribution in [2.75, 3.05) is 19.8 Å². The van der Waals surface area contributed by atoms with Crippen LogP contribution in [0.1, 0.15) is 91.9 Å². The van der Waals surface area contributed by atoms with E-state index in [-0.39, 0.29) is 23.0 Å². The Morgan fingerprint density at radius 2 is 1.37 bits per heavy atom. The highest BCUT2D eigenvalue weighted by molar-refractivity contribution is 5.15. The van der Waals surface area contributed by atoms with E-state index < -0.39 is 80.4 Å². The molecule has 8 fully saturated rings. The Morgan fingerprint density at radius 1 is 0.673 bits per heavy atom. The van der Waals surface area contributed by atoms with Crippen LogP contribution in [0.15, 0.2) is 0 Å². The lowest BCUT2D eigenvalue weighted by Gasteiger charge is -2.61. The van der Waals surface area contributed by atoms with E-state index in [0.717, 1.165) is 45.1 Å². The molecule has 7 N–H and O–H groups in total. The van der Waals surface area contributed by atoms with E-state index in [1.165, 1.54) is 25.7 Å². The first kappa shape index (κ1) is 38.4. The monoisotopic (exact) mass is 740 g/mol. The first-order chi connectivity index (χ1) is 24.7. The standard InChI is InChI=1S/C39H64O13/c1-18-7-12-39(47-17-18)19(2)28-25(52-39)14-24-22-6-5-20-13-21(8-10-37(20,3)23(22)9-11-38(24,28)4)48-36-34(32(45)30(43)27(16-41)50-36)51-35-33(46)31(44)29(42)26(15-40)49-35/h18-36,40-46H,5-17H2,1-4H3/t18-,19-,20-,21-,22?,23?,24?,25-,26+,27+,28-,29+,30-,31-,32-,33+,34+,35-,36+,37-,38-,39+/m0/s1. The molecule has 4 saturated carbocycles. The molecule has 13 nitrogen and oxygen atoms in total. The van der Waals surface area contributed by atoms with Crippen LogP contribution in [0, 0.1) is 52.3 Å². The normalized spacial score (nSPS) is 59.0. The molecule has 52 heavy (non-hydrogen) atoms. The number of fused-ring (bicyclic) bond motifs is 7. The van der Waals surface area contributed by atoms with E-state index in [1.54, 1.807) is 0 Å². The highest BCUT2D eigenvalue weighted by atomic mass is 16.8. The van der Waals surface area contributed by atoms with Gasteiger partial charge in [0, 0.05) is 12.3 Å². The van der Waals surface area contributed by atoms with Gasteiger partial charge in [0.05, 0.1) is 32.0 Å². The van der Waals surface area contributed by atoms with Crippen LogP contribution in [-0.2, 0) is 28.4 Å². The summed E-state index contributed by atoms with van der Waals surface area (Å²) in [6.07, 6.45) is -3.88. The van der Waals surface area contributed by atoms with Gasteiger partial charge in [0.2, 0.25) is 0 Å². The summed E-state index contributed by atoms with van der Waals surface area (Å²) in [5.74, 6) is 3.51. The summed E-state index contributed by atoms with van der Waals surface area (Å²) in [7, 11) is 0. The first-order valence-corrected chi connectivity index (χ1v) is 20.3. The lowest BCUT2D eigenvalue weighted by molar-refractivity contribution is -0.373. The number of ether oxygens (including phenoxy) is 6. The molecule has 4 heterocycles. The summed E-state index contributed by atoms with van der Waals surface area (Å²) >= 11 is 0. The number of hydrogen-bond donors (Lipinski definition) is 7. The smallest absolute Gasteiger partial charge is 0.187 e. The quantitative estimate of drug-likeness (QED) is 0.194. The lowest BCUT2D eigenvalue weighted by atomic mass is 9.44. The molecule has 0 aromatic heterocycles. The van der Waals surface area contributed by atoms with Crippen molar-refractivity contribution in [2.24, 2.45) is 52.3 Å². The van der Waals surface area contributed by atoms with Gasteiger partial charge < -0.3 is 64.2 Å². The molecular weight excluding hydrogens is 676 g/mol. The molecule has 8 rings (SSSR count). The molecule has 0 aromatic carbocycles. The fourth-order valence-corrected chi connectivity index (χ4v) is 13.2. The molecular formula is C39H64O13. The minimum Gasteiger partial charge on any atom is -0.394 e. The zero-order valence-electron chi connectivity index (χ0n) is 31.2. The van der Waals surface area contributed by atoms with Crippen molar-refractivity contribution in [1.29, 1.82) is 0 Å². The second kappa shape index (κ2) is 14.1. The number of aliphatic hydroxyl groups is 7. The minimum absolute atomic E-state index is 0.168. The zero-order valence-corrected chi connectivity index (χ0v) is 31.2. The van der Waals surface area contributed by atoms with Gasteiger partial charge >= 0.3 is 0 Å². The van der Waals surface area contributed by atoms with E-state index in [1.807, 2.05) is 0 Å². The van der Waals surface area contributed by atoms with Crippen LogP contribution in [0.3, 0.4) is 0 Å². The van der Waals surface area contributed by atoms with E-state index in [9.17, 15) is 35.7 Å². The van der Waals surface area contributed by atoms with Gasteiger partial charge in [-0.2, -0.15) is 0 Å². The number of rotatable bonds is 6. The molecule has 0 aromatic rings. The number of hydrogen-bond acceptors (Lipinski definition) is 13. The Labute approximate surface area is 307 Å². The molecule has 0 bridgehead atoms. The van der Waals surface area contributed by atoms with Crippen LogP contribution in [0.2, 0.25) is 0 Å². The van der Waals surface area contributed by atoms with Crippen LogP contribution in [-0.4, -0.2) is 135 Å². The van der Waals surface area contributed by atoms with Gasteiger partial charge in [-0.25, -0.2) is 0 Å². The molecule has 0 radical (unpaired) electrons. The van der Waals surface area contributed by atoms with Gasteiger partial charge in [-0.1, -0.05) is 27.7 Å². The molecule has 4 saturated heterocycles. The second-order valence-electron chi connectivity index (χ2n) is 18.7. The van der Waals surface area contributed by atoms with Crippen molar-refractivity contribution in [3.8, 4) is 0 Å². The zero-order chi connectivity index (χ0) is 36.9. The third-order valence-electron chi connectivity index (χ3n) is 16.2. The molecule has 298 valence electrons. The predicted octanol–water partition coefficient (Wildman–Crippen LogP) is 1.44. The molecule has 1 spiro atoms. The van der Waals surface area contributed by atoms with Gasteiger partial charge in [0.25, 0.3) is 0 Å². The fourth-order valence-electron chi connectivity index (χ4n) is 13.2. The highest BCUT2D eigenvalue weighted by Crippen LogP contribution is 2.71. The van der Waals surface area contributed by atoms with Gasteiger partial charge in [0.1, 0.15) is 48.8 Å². The van der Waals surface area contributed by atoms with E-state index in [0.29, 0.717) is 41.4 Å². The second-order valence-corrected chi connectivity index (χ2v) is 18.7. The molecule has 8 aliphatic rings. The average Bonchev–Trinajstić information content (AvgIpc) is 3.58. The largest absolute Gasteiger partial charge is 0.394 e. The first-order valence-electron chi connectivity index (χ1n) is 20.3. The minimum atomic E-state index is -1.71. The van der Waals surface area contributed by atoms with Crippen molar-refractivity contribution in [3.63, 3.8) is 0 Å². The molecule has 13 heteroatoms. The fraction of sp³-hybridized carbons (Fsp3) is 1.00. The van der Waals surface area contributed by atoms with Crippen LogP contribution < -0.4 is 0 Å². The Hall–Kier alpha value is -0.520. The molecule has 4 aliphatic heterocycles. The van der Waals surface area contributed by atoms with Crippen LogP contribution >= 0.6 is 0 Å². The van der Waals surface area contributed by atoms with Crippen molar-refractivity contribution in [1.82, 2.24) is 0 Å². The van der Waals surface area contributed by atoms with Crippen molar-refractivity contribution in [2.45, 2.75) is 171 Å². The third kappa shape index (κ3) is 5.98. The molecule has 0 amide bonds. The summed E-state index contributed by atoms with van der Waals surface area (Å²) in [6, 6.07) is 0. The average molecular weight is 741 g/mol. The van der Waals surface area contributed by atoms with Crippen LogP contribution in [0.5, 0.6) is 0 Å². The van der Waals surface area contributed by atoms with Gasteiger partial charge in [-0.15, -0.1) is 0 Å². The third-order valence-corrected chi connectivity index (χ3v) is 16.2. The molecule has 22 atom stereocenters. The summed E-state index contributed by atoms with van der Waals surface area (Å²) in [6.45, 7) is 9.33. The Kier molecular flexibility index (Phi) is 10.4. The van der Waals surface area contributed by atoms with Crippen molar-refractivity contribution in [3.05, 3.63) is 0 Å². The topological polar surface area (TPSA) is 197 Å². The SMILES string of the molecule is C[C@H]1CC[C@@]2(OC1)O[C@H]1CC3C4CC[C@H]5C[C@@H](O[C@@H]6O[C@H](CO)[C@H](O)[C@H](O)[C@H]6O[C@@H]6O[C@H](CO)[C@@H](O)[C@H](O)[C@H]6O)CC[C@]5(C)C4CC[C@]3(C)[C@H]1[C@@H]2C.